The molecule has 4 amide bonds. The third-order valence-electron chi connectivity index (χ3n) is 5.83. The molecule has 2 aliphatic rings. The number of nitrogens with zero attached hydrogens (tertiary/aromatic N) is 1. The Bertz CT molecular complexity index is 1100. The molecule has 1 spiro atoms. The molecule has 0 saturated carbocycles. The molecule has 6 nitrogen and oxygen atoms in total. The number of hydrogen-bond acceptors (Lipinski definition) is 3. The molecular formula is C22H19F4N3O3. The first-order chi connectivity index (χ1) is 15.1. The summed E-state index contributed by atoms with van der Waals surface area (Å²) in [4.78, 5) is 38.5. The monoisotopic (exact) mass is 449 g/mol. The van der Waals surface area contributed by atoms with Gasteiger partial charge in [-0.25, -0.2) is 9.18 Å². The third kappa shape index (κ3) is 4.04. The molecule has 1 aliphatic heterocycles. The Balaban J connectivity index is 1.43. The van der Waals surface area contributed by atoms with Crippen molar-refractivity contribution in [3.63, 3.8) is 0 Å². The van der Waals surface area contributed by atoms with E-state index in [9.17, 15) is 31.9 Å². The van der Waals surface area contributed by atoms with Crippen molar-refractivity contribution in [3.8, 4) is 0 Å². The maximum atomic E-state index is 13.2. The second-order valence-electron chi connectivity index (χ2n) is 7.93. The molecule has 0 bridgehead atoms. The van der Waals surface area contributed by atoms with Crippen LogP contribution in [-0.2, 0) is 35.2 Å². The molecule has 1 saturated heterocycles. The molecule has 1 fully saturated rings. The normalized spacial score (nSPS) is 20.3. The number of rotatable bonds is 4. The van der Waals surface area contributed by atoms with Crippen molar-refractivity contribution in [2.24, 2.45) is 0 Å². The highest BCUT2D eigenvalue weighted by atomic mass is 19.4. The molecule has 0 aromatic heterocycles. The first kappa shape index (κ1) is 21.8. The molecule has 1 aliphatic carbocycles. The standard InChI is InChI=1S/C22H19F4N3O3/c23-16-6-5-15(17(9-16)22(24,25)26)11-27-18(30)12-29-19(31)21(28-20(29)32)8-7-13-3-1-2-4-14(13)10-21/h1-6,9H,7-8,10-12H2,(H,27,30)(H,28,32). The van der Waals surface area contributed by atoms with E-state index in [2.05, 4.69) is 10.6 Å². The molecule has 1 unspecified atom stereocenters. The van der Waals surface area contributed by atoms with E-state index in [1.807, 2.05) is 24.3 Å². The SMILES string of the molecule is O=C(CN1C(=O)NC2(CCc3ccccc3C2)C1=O)NCc1ccc(F)cc1C(F)(F)F. The second-order valence-corrected chi connectivity index (χ2v) is 7.93. The maximum absolute atomic E-state index is 13.2. The number of carbonyl (C=O) groups excluding carboxylic acids is 3. The van der Waals surface area contributed by atoms with E-state index in [-0.39, 0.29) is 5.56 Å². The zero-order valence-corrected chi connectivity index (χ0v) is 16.8. The van der Waals surface area contributed by atoms with Crippen molar-refractivity contribution >= 4 is 17.8 Å². The first-order valence-electron chi connectivity index (χ1n) is 9.92. The average Bonchev–Trinajstić information content (AvgIpc) is 2.96. The Morgan fingerprint density at radius 1 is 1.12 bits per heavy atom. The van der Waals surface area contributed by atoms with Crippen molar-refractivity contribution in [2.45, 2.75) is 37.5 Å². The second kappa shape index (κ2) is 7.92. The lowest BCUT2D eigenvalue weighted by Crippen LogP contribution is -2.51. The summed E-state index contributed by atoms with van der Waals surface area (Å²) in [7, 11) is 0. The summed E-state index contributed by atoms with van der Waals surface area (Å²) in [6.07, 6.45) is -3.52. The number of amides is 4. The van der Waals surface area contributed by atoms with Crippen molar-refractivity contribution < 1.29 is 31.9 Å². The molecule has 2 aromatic carbocycles. The van der Waals surface area contributed by atoms with E-state index in [0.29, 0.717) is 25.3 Å². The van der Waals surface area contributed by atoms with Gasteiger partial charge in [-0.05, 0) is 41.7 Å². The van der Waals surface area contributed by atoms with Crippen LogP contribution in [0.2, 0.25) is 0 Å². The largest absolute Gasteiger partial charge is 0.416 e. The topological polar surface area (TPSA) is 78.5 Å². The Hall–Kier alpha value is -3.43. The highest BCUT2D eigenvalue weighted by molar-refractivity contribution is 6.09. The Kier molecular flexibility index (Phi) is 5.39. The number of benzene rings is 2. The van der Waals surface area contributed by atoms with Crippen molar-refractivity contribution in [3.05, 3.63) is 70.5 Å². The summed E-state index contributed by atoms with van der Waals surface area (Å²) >= 11 is 0. The van der Waals surface area contributed by atoms with E-state index in [0.717, 1.165) is 28.2 Å². The fourth-order valence-corrected chi connectivity index (χ4v) is 4.20. The summed E-state index contributed by atoms with van der Waals surface area (Å²) in [6, 6.07) is 9.00. The molecule has 32 heavy (non-hydrogen) atoms. The van der Waals surface area contributed by atoms with Crippen LogP contribution < -0.4 is 10.6 Å². The zero-order chi connectivity index (χ0) is 23.1. The first-order valence-corrected chi connectivity index (χ1v) is 9.92. The van der Waals surface area contributed by atoms with Gasteiger partial charge in [-0.1, -0.05) is 30.3 Å². The smallest absolute Gasteiger partial charge is 0.350 e. The maximum Gasteiger partial charge on any atom is 0.416 e. The number of hydrogen-bond donors (Lipinski definition) is 2. The minimum Gasteiger partial charge on any atom is -0.350 e. The molecule has 4 rings (SSSR count). The fraction of sp³-hybridized carbons (Fsp3) is 0.318. The molecule has 168 valence electrons. The summed E-state index contributed by atoms with van der Waals surface area (Å²) in [6.45, 7) is -1.16. The van der Waals surface area contributed by atoms with Crippen molar-refractivity contribution in [2.75, 3.05) is 6.54 Å². The van der Waals surface area contributed by atoms with Gasteiger partial charge >= 0.3 is 12.2 Å². The van der Waals surface area contributed by atoms with Gasteiger partial charge in [0.2, 0.25) is 5.91 Å². The molecule has 10 heteroatoms. The van der Waals surface area contributed by atoms with Crippen molar-refractivity contribution in [1.82, 2.24) is 15.5 Å². The lowest BCUT2D eigenvalue weighted by molar-refractivity contribution is -0.138. The highest BCUT2D eigenvalue weighted by Gasteiger charge is 2.52. The molecule has 2 N–H and O–H groups in total. The summed E-state index contributed by atoms with van der Waals surface area (Å²) in [5.74, 6) is -2.39. The molecule has 1 heterocycles. The van der Waals surface area contributed by atoms with Gasteiger partial charge in [0, 0.05) is 13.0 Å². The van der Waals surface area contributed by atoms with E-state index >= 15 is 0 Å². The third-order valence-corrected chi connectivity index (χ3v) is 5.83. The average molecular weight is 449 g/mol. The van der Waals surface area contributed by atoms with Crippen LogP contribution in [0.5, 0.6) is 0 Å². The zero-order valence-electron chi connectivity index (χ0n) is 16.8. The predicted octanol–water partition coefficient (Wildman–Crippen LogP) is 2.94. The molecule has 0 radical (unpaired) electrons. The van der Waals surface area contributed by atoms with Crippen LogP contribution in [0.25, 0.3) is 0 Å². The van der Waals surface area contributed by atoms with Gasteiger partial charge in [-0.2, -0.15) is 13.2 Å². The number of carbonyl (C=O) groups is 3. The number of urea groups is 1. The quantitative estimate of drug-likeness (QED) is 0.557. The Morgan fingerprint density at radius 3 is 2.56 bits per heavy atom. The van der Waals surface area contributed by atoms with E-state index in [4.69, 9.17) is 0 Å². The van der Waals surface area contributed by atoms with Crippen LogP contribution in [0, 0.1) is 5.82 Å². The lowest BCUT2D eigenvalue weighted by atomic mass is 9.78. The van der Waals surface area contributed by atoms with E-state index in [1.54, 1.807) is 0 Å². The van der Waals surface area contributed by atoms with Gasteiger partial charge in [-0.15, -0.1) is 0 Å². The van der Waals surface area contributed by atoms with Gasteiger partial charge in [0.25, 0.3) is 5.91 Å². The number of alkyl halides is 3. The number of fused-ring (bicyclic) bond motifs is 1. The van der Waals surface area contributed by atoms with Gasteiger partial charge in [0.05, 0.1) is 5.56 Å². The summed E-state index contributed by atoms with van der Waals surface area (Å²) in [5.41, 5.74) is -0.630. The Morgan fingerprint density at radius 2 is 1.84 bits per heavy atom. The van der Waals surface area contributed by atoms with Gasteiger partial charge in [-0.3, -0.25) is 14.5 Å². The van der Waals surface area contributed by atoms with Crippen LogP contribution in [0.15, 0.2) is 42.5 Å². The lowest BCUT2D eigenvalue weighted by Gasteiger charge is -2.32. The van der Waals surface area contributed by atoms with Gasteiger partial charge in [0.1, 0.15) is 17.9 Å². The Labute approximate surface area is 180 Å². The highest BCUT2D eigenvalue weighted by Crippen LogP contribution is 2.34. The number of halogens is 4. The summed E-state index contributed by atoms with van der Waals surface area (Å²) in [5, 5.41) is 4.96. The number of imide groups is 1. The molecule has 1 atom stereocenters. The van der Waals surface area contributed by atoms with Crippen LogP contribution in [-0.4, -0.2) is 34.8 Å². The van der Waals surface area contributed by atoms with Crippen LogP contribution in [0.3, 0.4) is 0 Å². The predicted molar refractivity (Wildman–Crippen MR) is 105 cm³/mol. The summed E-state index contributed by atoms with van der Waals surface area (Å²) < 4.78 is 52.5. The fourth-order valence-electron chi connectivity index (χ4n) is 4.20. The minimum absolute atomic E-state index is 0.302. The molecule has 2 aromatic rings. The minimum atomic E-state index is -4.80. The number of aryl methyl sites for hydroxylation is 1. The van der Waals surface area contributed by atoms with Crippen LogP contribution >= 0.6 is 0 Å². The van der Waals surface area contributed by atoms with Gasteiger partial charge in [0.15, 0.2) is 0 Å². The number of nitrogens with one attached hydrogen (secondary N) is 2. The van der Waals surface area contributed by atoms with Crippen molar-refractivity contribution in [1.29, 1.82) is 0 Å². The van der Waals surface area contributed by atoms with Gasteiger partial charge < -0.3 is 10.6 Å². The van der Waals surface area contributed by atoms with E-state index in [1.165, 1.54) is 0 Å². The van der Waals surface area contributed by atoms with E-state index < -0.39 is 54.0 Å². The van der Waals surface area contributed by atoms with Crippen LogP contribution in [0.1, 0.15) is 28.7 Å². The molecular weight excluding hydrogens is 430 g/mol. The van der Waals surface area contributed by atoms with Crippen LogP contribution in [0.4, 0.5) is 22.4 Å².